The molecule has 0 heterocycles. The number of carboxylic acid groups (broad SMARTS) is 1. The van der Waals surface area contributed by atoms with Crippen molar-refractivity contribution >= 4 is 24.5 Å². The van der Waals surface area contributed by atoms with Crippen LogP contribution in [0.3, 0.4) is 0 Å². The lowest BCUT2D eigenvalue weighted by Crippen LogP contribution is -2.42. The number of nitrogens with one attached hydrogen (secondary N) is 1. The number of phenolic OH excluding ortho intramolecular Hbond substituents is 1. The molecule has 0 aliphatic heterocycles. The van der Waals surface area contributed by atoms with Crippen LogP contribution in [0.4, 0.5) is 0 Å². The standard InChI is InChI=1S/C12H15NO4S/c1-6-3-8(4-7(2)10(6)14)11(15)13-9(5-18)12(16)17/h3-4,9,14,18H,5H2,1-2H3,(H,13,15)(H,16,17). The number of carbonyl (C=O) groups excluding carboxylic acids is 1. The van der Waals surface area contributed by atoms with Gasteiger partial charge in [0.05, 0.1) is 0 Å². The third-order valence-corrected chi connectivity index (χ3v) is 2.90. The van der Waals surface area contributed by atoms with Crippen LogP contribution in [-0.4, -0.2) is 33.9 Å². The average molecular weight is 269 g/mol. The summed E-state index contributed by atoms with van der Waals surface area (Å²) in [4.78, 5) is 22.6. The predicted molar refractivity (Wildman–Crippen MR) is 70.3 cm³/mol. The Balaban J connectivity index is 2.94. The van der Waals surface area contributed by atoms with E-state index in [1.165, 1.54) is 12.1 Å². The second-order valence-electron chi connectivity index (χ2n) is 4.01. The number of thiol groups is 1. The minimum Gasteiger partial charge on any atom is -0.507 e. The van der Waals surface area contributed by atoms with Crippen LogP contribution < -0.4 is 5.32 Å². The molecule has 0 saturated heterocycles. The third kappa shape index (κ3) is 3.16. The molecular weight excluding hydrogens is 254 g/mol. The average Bonchev–Trinajstić information content (AvgIpc) is 2.31. The topological polar surface area (TPSA) is 86.6 Å². The van der Waals surface area contributed by atoms with Gasteiger partial charge >= 0.3 is 5.97 Å². The Labute approximate surface area is 110 Å². The minimum atomic E-state index is -1.13. The number of amides is 1. The molecule has 1 aromatic carbocycles. The highest BCUT2D eigenvalue weighted by molar-refractivity contribution is 7.80. The number of rotatable bonds is 4. The predicted octanol–water partition coefficient (Wildman–Crippen LogP) is 1.12. The quantitative estimate of drug-likeness (QED) is 0.617. The molecule has 0 bridgehead atoms. The van der Waals surface area contributed by atoms with Gasteiger partial charge in [-0.15, -0.1) is 0 Å². The molecule has 0 spiro atoms. The largest absolute Gasteiger partial charge is 0.507 e. The lowest BCUT2D eigenvalue weighted by atomic mass is 10.1. The van der Waals surface area contributed by atoms with Gasteiger partial charge in [-0.2, -0.15) is 12.6 Å². The number of carboxylic acids is 1. The number of phenols is 1. The van der Waals surface area contributed by atoms with E-state index in [0.717, 1.165) is 0 Å². The maximum Gasteiger partial charge on any atom is 0.327 e. The van der Waals surface area contributed by atoms with Crippen molar-refractivity contribution in [2.45, 2.75) is 19.9 Å². The second kappa shape index (κ2) is 5.77. The maximum absolute atomic E-state index is 11.8. The first-order chi connectivity index (χ1) is 8.36. The Morgan fingerprint density at radius 3 is 2.22 bits per heavy atom. The first-order valence-electron chi connectivity index (χ1n) is 5.31. The van der Waals surface area contributed by atoms with E-state index in [4.69, 9.17) is 5.11 Å². The number of hydrogen-bond donors (Lipinski definition) is 4. The van der Waals surface area contributed by atoms with Crippen LogP contribution in [0.5, 0.6) is 5.75 Å². The van der Waals surface area contributed by atoms with Gasteiger partial charge in [0.15, 0.2) is 0 Å². The van der Waals surface area contributed by atoms with Gasteiger partial charge in [-0.25, -0.2) is 4.79 Å². The van der Waals surface area contributed by atoms with Crippen molar-refractivity contribution in [3.63, 3.8) is 0 Å². The molecule has 18 heavy (non-hydrogen) atoms. The zero-order valence-corrected chi connectivity index (χ0v) is 11.0. The number of carbonyl (C=O) groups is 2. The van der Waals surface area contributed by atoms with Gasteiger partial charge in [0.25, 0.3) is 5.91 Å². The summed E-state index contributed by atoms with van der Waals surface area (Å²) in [6.45, 7) is 3.35. The molecule has 1 amide bonds. The number of hydrogen-bond acceptors (Lipinski definition) is 4. The first kappa shape index (κ1) is 14.4. The Hall–Kier alpha value is -1.69. The Kier molecular flexibility index (Phi) is 4.61. The smallest absolute Gasteiger partial charge is 0.327 e. The van der Waals surface area contributed by atoms with Crippen LogP contribution >= 0.6 is 12.6 Å². The van der Waals surface area contributed by atoms with Gasteiger partial charge in [0, 0.05) is 11.3 Å². The molecule has 0 aliphatic carbocycles. The van der Waals surface area contributed by atoms with Crippen molar-refractivity contribution < 1.29 is 19.8 Å². The van der Waals surface area contributed by atoms with E-state index in [0.29, 0.717) is 16.7 Å². The maximum atomic E-state index is 11.8. The Morgan fingerprint density at radius 1 is 1.33 bits per heavy atom. The van der Waals surface area contributed by atoms with Crippen molar-refractivity contribution in [2.75, 3.05) is 5.75 Å². The summed E-state index contributed by atoms with van der Waals surface area (Å²) < 4.78 is 0. The highest BCUT2D eigenvalue weighted by Gasteiger charge is 2.19. The summed E-state index contributed by atoms with van der Waals surface area (Å²) in [7, 11) is 0. The fourth-order valence-corrected chi connectivity index (χ4v) is 1.76. The normalized spacial score (nSPS) is 11.9. The SMILES string of the molecule is Cc1cc(C(=O)NC(CS)C(=O)O)cc(C)c1O. The van der Waals surface area contributed by atoms with Crippen molar-refractivity contribution in [1.82, 2.24) is 5.32 Å². The molecule has 0 saturated carbocycles. The van der Waals surface area contributed by atoms with Crippen molar-refractivity contribution in [1.29, 1.82) is 0 Å². The van der Waals surface area contributed by atoms with Crippen LogP contribution in [0.25, 0.3) is 0 Å². The summed E-state index contributed by atoms with van der Waals surface area (Å²) >= 11 is 3.86. The molecule has 1 atom stereocenters. The Bertz CT molecular complexity index is 464. The van der Waals surface area contributed by atoms with Gasteiger partial charge in [0.2, 0.25) is 0 Å². The summed E-state index contributed by atoms with van der Waals surface area (Å²) in [6.07, 6.45) is 0. The minimum absolute atomic E-state index is 0.0110. The first-order valence-corrected chi connectivity index (χ1v) is 5.94. The molecular formula is C12H15NO4S. The third-order valence-electron chi connectivity index (χ3n) is 2.54. The Morgan fingerprint density at radius 2 is 1.83 bits per heavy atom. The van der Waals surface area contributed by atoms with Crippen molar-refractivity contribution in [2.24, 2.45) is 0 Å². The van der Waals surface area contributed by atoms with E-state index in [2.05, 4.69) is 17.9 Å². The highest BCUT2D eigenvalue weighted by Crippen LogP contribution is 2.22. The molecule has 0 aromatic heterocycles. The van der Waals surface area contributed by atoms with Crippen LogP contribution in [-0.2, 0) is 4.79 Å². The summed E-state index contributed by atoms with van der Waals surface area (Å²) in [6, 6.07) is 1.99. The highest BCUT2D eigenvalue weighted by atomic mass is 32.1. The number of aryl methyl sites for hydroxylation is 2. The van der Waals surface area contributed by atoms with Crippen molar-refractivity contribution in [3.8, 4) is 5.75 Å². The van der Waals surface area contributed by atoms with Crippen LogP contribution in [0, 0.1) is 13.8 Å². The van der Waals surface area contributed by atoms with Gasteiger partial charge in [-0.05, 0) is 37.1 Å². The summed E-state index contributed by atoms with van der Waals surface area (Å²) in [5.41, 5.74) is 1.45. The number of aromatic hydroxyl groups is 1. The van der Waals surface area contributed by atoms with E-state index in [-0.39, 0.29) is 11.5 Å². The monoisotopic (exact) mass is 269 g/mol. The molecule has 1 aromatic rings. The van der Waals surface area contributed by atoms with Gasteiger partial charge in [0.1, 0.15) is 11.8 Å². The molecule has 0 fully saturated rings. The molecule has 98 valence electrons. The van der Waals surface area contributed by atoms with Crippen LogP contribution in [0.2, 0.25) is 0 Å². The number of aliphatic carboxylic acids is 1. The zero-order chi connectivity index (χ0) is 13.9. The van der Waals surface area contributed by atoms with Gasteiger partial charge < -0.3 is 15.5 Å². The summed E-state index contributed by atoms with van der Waals surface area (Å²) in [5, 5.41) is 20.8. The molecule has 6 heteroatoms. The second-order valence-corrected chi connectivity index (χ2v) is 4.37. The van der Waals surface area contributed by atoms with Crippen molar-refractivity contribution in [3.05, 3.63) is 28.8 Å². The van der Waals surface area contributed by atoms with E-state index in [1.807, 2.05) is 0 Å². The summed E-state index contributed by atoms with van der Waals surface area (Å²) in [5.74, 6) is -1.49. The molecule has 5 nitrogen and oxygen atoms in total. The lowest BCUT2D eigenvalue weighted by molar-refractivity contribution is -0.138. The lowest BCUT2D eigenvalue weighted by Gasteiger charge is -2.13. The number of benzene rings is 1. The van der Waals surface area contributed by atoms with E-state index in [9.17, 15) is 14.7 Å². The van der Waals surface area contributed by atoms with Crippen LogP contribution in [0.1, 0.15) is 21.5 Å². The fourth-order valence-electron chi connectivity index (χ4n) is 1.51. The zero-order valence-electron chi connectivity index (χ0n) is 10.1. The molecule has 0 aliphatic rings. The molecule has 1 unspecified atom stereocenters. The van der Waals surface area contributed by atoms with Crippen LogP contribution in [0.15, 0.2) is 12.1 Å². The van der Waals surface area contributed by atoms with E-state index in [1.54, 1.807) is 13.8 Å². The molecule has 1 rings (SSSR count). The fraction of sp³-hybridized carbons (Fsp3) is 0.333. The van der Waals surface area contributed by atoms with Gasteiger partial charge in [-0.1, -0.05) is 0 Å². The molecule has 0 radical (unpaired) electrons. The van der Waals surface area contributed by atoms with E-state index >= 15 is 0 Å². The molecule has 3 N–H and O–H groups in total. The van der Waals surface area contributed by atoms with E-state index < -0.39 is 17.9 Å². The van der Waals surface area contributed by atoms with Gasteiger partial charge in [-0.3, -0.25) is 4.79 Å².